The van der Waals surface area contributed by atoms with Crippen LogP contribution in [0.3, 0.4) is 0 Å². The maximum Gasteiger partial charge on any atom is 0.0471 e. The Kier molecular flexibility index (Phi) is 5.26. The van der Waals surface area contributed by atoms with Crippen molar-refractivity contribution in [2.24, 2.45) is 11.7 Å². The summed E-state index contributed by atoms with van der Waals surface area (Å²) in [5.74, 6) is 0.586. The molecule has 16 heavy (non-hydrogen) atoms. The fourth-order valence-corrected chi connectivity index (χ4v) is 1.97. The average Bonchev–Trinajstić information content (AvgIpc) is 2.29. The lowest BCUT2D eigenvalue weighted by Crippen LogP contribution is -2.20. The van der Waals surface area contributed by atoms with Crippen LogP contribution < -0.4 is 5.73 Å². The van der Waals surface area contributed by atoms with Crippen LogP contribution >= 0.6 is 11.6 Å². The van der Waals surface area contributed by atoms with E-state index in [0.29, 0.717) is 12.5 Å². The van der Waals surface area contributed by atoms with Gasteiger partial charge in [0.1, 0.15) is 0 Å². The van der Waals surface area contributed by atoms with Gasteiger partial charge in [0.15, 0.2) is 0 Å². The molecule has 0 heterocycles. The molecule has 0 bridgehead atoms. The standard InChI is InChI=1S/C13H20ClNO/c1-9(5-11(7-15)8-16)12-3-4-13(14)10(2)6-12/h3-4,6,9,11,16H,5,7-8,15H2,1-2H3. The SMILES string of the molecule is Cc1cc(C(C)CC(CN)CO)ccc1Cl. The Morgan fingerprint density at radius 2 is 2.12 bits per heavy atom. The zero-order valence-electron chi connectivity index (χ0n) is 9.91. The van der Waals surface area contributed by atoms with E-state index in [1.165, 1.54) is 5.56 Å². The molecule has 0 saturated carbocycles. The Labute approximate surface area is 102 Å². The van der Waals surface area contributed by atoms with E-state index in [4.69, 9.17) is 22.4 Å². The Bertz CT molecular complexity index is 337. The maximum atomic E-state index is 9.12. The molecule has 1 rings (SSSR count). The second kappa shape index (κ2) is 6.24. The second-order valence-corrected chi connectivity index (χ2v) is 4.84. The van der Waals surface area contributed by atoms with Crippen LogP contribution in [-0.4, -0.2) is 18.3 Å². The molecule has 0 radical (unpaired) electrons. The van der Waals surface area contributed by atoms with Crippen molar-refractivity contribution in [3.8, 4) is 0 Å². The summed E-state index contributed by atoms with van der Waals surface area (Å²) in [6.45, 7) is 4.85. The third kappa shape index (κ3) is 3.48. The van der Waals surface area contributed by atoms with Gasteiger partial charge in [-0.3, -0.25) is 0 Å². The molecule has 90 valence electrons. The number of hydrogen-bond donors (Lipinski definition) is 2. The van der Waals surface area contributed by atoms with Crippen LogP contribution in [0.5, 0.6) is 0 Å². The molecule has 0 saturated heterocycles. The van der Waals surface area contributed by atoms with Crippen LogP contribution in [0.4, 0.5) is 0 Å². The van der Waals surface area contributed by atoms with E-state index in [2.05, 4.69) is 13.0 Å². The third-order valence-electron chi connectivity index (χ3n) is 3.03. The van der Waals surface area contributed by atoms with Crippen LogP contribution in [0.15, 0.2) is 18.2 Å². The first-order chi connectivity index (χ1) is 7.58. The van der Waals surface area contributed by atoms with Crippen molar-refractivity contribution in [3.05, 3.63) is 34.3 Å². The molecular weight excluding hydrogens is 222 g/mol. The van der Waals surface area contributed by atoms with Crippen LogP contribution in [-0.2, 0) is 0 Å². The molecular formula is C13H20ClNO. The molecule has 3 heteroatoms. The molecule has 0 aliphatic heterocycles. The summed E-state index contributed by atoms with van der Waals surface area (Å²) in [6.07, 6.45) is 0.911. The Hall–Kier alpha value is -0.570. The molecule has 1 aromatic rings. The highest BCUT2D eigenvalue weighted by molar-refractivity contribution is 6.31. The van der Waals surface area contributed by atoms with Crippen molar-refractivity contribution in [2.45, 2.75) is 26.2 Å². The van der Waals surface area contributed by atoms with Gasteiger partial charge in [0.05, 0.1) is 0 Å². The van der Waals surface area contributed by atoms with Crippen molar-refractivity contribution >= 4 is 11.6 Å². The topological polar surface area (TPSA) is 46.2 Å². The lowest BCUT2D eigenvalue weighted by Gasteiger charge is -2.18. The summed E-state index contributed by atoms with van der Waals surface area (Å²) < 4.78 is 0. The number of hydrogen-bond acceptors (Lipinski definition) is 2. The van der Waals surface area contributed by atoms with E-state index >= 15 is 0 Å². The fraction of sp³-hybridized carbons (Fsp3) is 0.538. The largest absolute Gasteiger partial charge is 0.396 e. The molecule has 0 aliphatic rings. The van der Waals surface area contributed by atoms with E-state index in [1.54, 1.807) is 0 Å². The summed E-state index contributed by atoms with van der Waals surface area (Å²) >= 11 is 5.99. The zero-order chi connectivity index (χ0) is 12.1. The van der Waals surface area contributed by atoms with E-state index in [0.717, 1.165) is 17.0 Å². The summed E-state index contributed by atoms with van der Waals surface area (Å²) in [4.78, 5) is 0. The van der Waals surface area contributed by atoms with E-state index in [-0.39, 0.29) is 12.5 Å². The van der Waals surface area contributed by atoms with E-state index in [1.807, 2.05) is 19.1 Å². The summed E-state index contributed by atoms with van der Waals surface area (Å²) in [5.41, 5.74) is 7.94. The molecule has 2 atom stereocenters. The number of aliphatic hydroxyl groups is 1. The first-order valence-corrected chi connectivity index (χ1v) is 6.03. The number of nitrogens with two attached hydrogens (primary N) is 1. The fourth-order valence-electron chi connectivity index (χ4n) is 1.86. The van der Waals surface area contributed by atoms with Gasteiger partial charge in [0.2, 0.25) is 0 Å². The van der Waals surface area contributed by atoms with Gasteiger partial charge in [-0.05, 0) is 48.9 Å². The highest BCUT2D eigenvalue weighted by atomic mass is 35.5. The Morgan fingerprint density at radius 3 is 2.62 bits per heavy atom. The minimum absolute atomic E-state index is 0.160. The van der Waals surface area contributed by atoms with Crippen LogP contribution in [0.2, 0.25) is 5.02 Å². The smallest absolute Gasteiger partial charge is 0.0471 e. The molecule has 0 fully saturated rings. The van der Waals surface area contributed by atoms with Crippen molar-refractivity contribution in [2.75, 3.05) is 13.2 Å². The van der Waals surface area contributed by atoms with Crippen molar-refractivity contribution in [1.29, 1.82) is 0 Å². The summed E-state index contributed by atoms with van der Waals surface area (Å²) in [5, 5.41) is 9.92. The Balaban J connectivity index is 2.72. The summed E-state index contributed by atoms with van der Waals surface area (Å²) in [6, 6.07) is 6.09. The minimum Gasteiger partial charge on any atom is -0.396 e. The second-order valence-electron chi connectivity index (χ2n) is 4.43. The monoisotopic (exact) mass is 241 g/mol. The van der Waals surface area contributed by atoms with Gasteiger partial charge >= 0.3 is 0 Å². The summed E-state index contributed by atoms with van der Waals surface area (Å²) in [7, 11) is 0. The molecule has 0 spiro atoms. The number of aryl methyl sites for hydroxylation is 1. The lowest BCUT2D eigenvalue weighted by molar-refractivity contribution is 0.217. The molecule has 0 aromatic heterocycles. The van der Waals surface area contributed by atoms with Crippen LogP contribution in [0.25, 0.3) is 0 Å². The van der Waals surface area contributed by atoms with Crippen molar-refractivity contribution in [1.82, 2.24) is 0 Å². The van der Waals surface area contributed by atoms with E-state index in [9.17, 15) is 0 Å². The minimum atomic E-state index is 0.160. The van der Waals surface area contributed by atoms with Crippen molar-refractivity contribution < 1.29 is 5.11 Å². The number of aliphatic hydroxyl groups excluding tert-OH is 1. The van der Waals surface area contributed by atoms with E-state index < -0.39 is 0 Å². The quantitative estimate of drug-likeness (QED) is 0.833. The number of halogens is 1. The normalized spacial score (nSPS) is 14.8. The number of benzene rings is 1. The lowest BCUT2D eigenvalue weighted by atomic mass is 9.90. The molecule has 3 N–H and O–H groups in total. The van der Waals surface area contributed by atoms with Gasteiger partial charge in [-0.25, -0.2) is 0 Å². The number of rotatable bonds is 5. The predicted molar refractivity (Wildman–Crippen MR) is 68.9 cm³/mol. The van der Waals surface area contributed by atoms with Gasteiger partial charge in [0, 0.05) is 11.6 Å². The third-order valence-corrected chi connectivity index (χ3v) is 3.45. The molecule has 2 unspecified atom stereocenters. The maximum absolute atomic E-state index is 9.12. The molecule has 0 aliphatic carbocycles. The molecule has 2 nitrogen and oxygen atoms in total. The zero-order valence-corrected chi connectivity index (χ0v) is 10.7. The predicted octanol–water partition coefficient (Wildman–Crippen LogP) is 2.71. The molecule has 1 aromatic carbocycles. The highest BCUT2D eigenvalue weighted by Gasteiger charge is 2.13. The van der Waals surface area contributed by atoms with Crippen molar-refractivity contribution in [3.63, 3.8) is 0 Å². The van der Waals surface area contributed by atoms with Crippen LogP contribution in [0.1, 0.15) is 30.4 Å². The van der Waals surface area contributed by atoms with Gasteiger partial charge in [0.25, 0.3) is 0 Å². The van der Waals surface area contributed by atoms with Gasteiger partial charge in [-0.15, -0.1) is 0 Å². The first kappa shape index (κ1) is 13.5. The van der Waals surface area contributed by atoms with Gasteiger partial charge < -0.3 is 10.8 Å². The van der Waals surface area contributed by atoms with Gasteiger partial charge in [-0.2, -0.15) is 0 Å². The molecule has 0 amide bonds. The average molecular weight is 242 g/mol. The van der Waals surface area contributed by atoms with Gasteiger partial charge in [-0.1, -0.05) is 30.7 Å². The highest BCUT2D eigenvalue weighted by Crippen LogP contribution is 2.26. The Morgan fingerprint density at radius 1 is 1.44 bits per heavy atom. The first-order valence-electron chi connectivity index (χ1n) is 5.65. The van der Waals surface area contributed by atoms with Crippen LogP contribution in [0, 0.1) is 12.8 Å².